The molecule has 0 unspecified atom stereocenters. The summed E-state index contributed by atoms with van der Waals surface area (Å²) in [6.07, 6.45) is 2.89. The molecule has 0 saturated carbocycles. The van der Waals surface area contributed by atoms with Crippen molar-refractivity contribution in [2.75, 3.05) is 6.86 Å². The maximum absolute atomic E-state index is 15.0. The number of ether oxygens (including phenoxy) is 2. The van der Waals surface area contributed by atoms with Crippen LogP contribution in [0.5, 0.6) is 11.5 Å². The van der Waals surface area contributed by atoms with Crippen molar-refractivity contribution in [3.63, 3.8) is 0 Å². The Kier molecular flexibility index (Phi) is 10.1. The lowest BCUT2D eigenvalue weighted by molar-refractivity contribution is -0.187. The molecule has 4 nitrogen and oxygen atoms in total. The number of aromatic nitrogens is 2. The van der Waals surface area contributed by atoms with Crippen LogP contribution in [0.15, 0.2) is 79.1 Å². The number of benzene rings is 4. The third-order valence-electron chi connectivity index (χ3n) is 7.29. The van der Waals surface area contributed by atoms with E-state index in [1.807, 2.05) is 0 Å². The van der Waals surface area contributed by atoms with Crippen LogP contribution in [0, 0.1) is 29.1 Å². The fourth-order valence-electron chi connectivity index (χ4n) is 4.92. The van der Waals surface area contributed by atoms with Gasteiger partial charge in [0.05, 0.1) is 5.56 Å². The number of hydrogen-bond acceptors (Lipinski definition) is 4. The minimum atomic E-state index is -4.20. The highest BCUT2D eigenvalue weighted by molar-refractivity contribution is 5.72. The highest BCUT2D eigenvalue weighted by Gasteiger charge is 2.38. The zero-order valence-corrected chi connectivity index (χ0v) is 24.8. The molecule has 0 bridgehead atoms. The van der Waals surface area contributed by atoms with Gasteiger partial charge in [0.15, 0.2) is 23.2 Å². The molecule has 0 amide bonds. The van der Waals surface area contributed by atoms with Crippen molar-refractivity contribution in [2.24, 2.45) is 0 Å². The molecule has 12 heteroatoms. The van der Waals surface area contributed by atoms with Crippen LogP contribution >= 0.6 is 0 Å². The summed E-state index contributed by atoms with van der Waals surface area (Å²) in [5.74, 6) is -7.31. The van der Waals surface area contributed by atoms with Crippen LogP contribution < -0.4 is 9.47 Å². The maximum atomic E-state index is 15.0. The van der Waals surface area contributed by atoms with Crippen molar-refractivity contribution >= 4 is 0 Å². The van der Waals surface area contributed by atoms with E-state index in [9.17, 15) is 22.0 Å². The molecule has 4 aromatic carbocycles. The first-order chi connectivity index (χ1) is 22.5. The van der Waals surface area contributed by atoms with Crippen LogP contribution in [0.4, 0.5) is 35.1 Å². The van der Waals surface area contributed by atoms with Gasteiger partial charge in [-0.25, -0.2) is 36.3 Å². The zero-order valence-electron chi connectivity index (χ0n) is 24.8. The van der Waals surface area contributed by atoms with E-state index in [1.54, 1.807) is 12.4 Å². The van der Waals surface area contributed by atoms with Gasteiger partial charge in [-0.05, 0) is 72.0 Å². The van der Waals surface area contributed by atoms with E-state index < -0.39 is 59.1 Å². The van der Waals surface area contributed by atoms with Gasteiger partial charge >= 0.3 is 6.11 Å². The van der Waals surface area contributed by atoms with Gasteiger partial charge in [-0.15, -0.1) is 0 Å². The summed E-state index contributed by atoms with van der Waals surface area (Å²) in [6, 6.07) is 10.3. The Morgan fingerprint density at radius 1 is 0.660 bits per heavy atom. The fraction of sp³-hybridized carbons (Fsp3) is 0.200. The lowest BCUT2D eigenvalue weighted by Crippen LogP contribution is -2.23. The molecular formula is C35H26F8N2O2. The molecule has 0 aliphatic rings. The highest BCUT2D eigenvalue weighted by atomic mass is 19.3. The summed E-state index contributed by atoms with van der Waals surface area (Å²) in [5.41, 5.74) is -0.741. The molecule has 47 heavy (non-hydrogen) atoms. The number of nitrogens with zero attached hydrogens (tertiary/aromatic N) is 2. The van der Waals surface area contributed by atoms with Gasteiger partial charge in [0.1, 0.15) is 23.2 Å². The number of hydrogen-bond donors (Lipinski definition) is 0. The molecule has 5 aromatic rings. The summed E-state index contributed by atoms with van der Waals surface area (Å²) in [4.78, 5) is 8.41. The number of rotatable bonds is 12. The molecule has 244 valence electrons. The van der Waals surface area contributed by atoms with Crippen molar-refractivity contribution in [3.05, 3.63) is 119 Å². The zero-order chi connectivity index (χ0) is 33.7. The van der Waals surface area contributed by atoms with Crippen LogP contribution in [0.25, 0.3) is 33.6 Å². The largest absolute Gasteiger partial charge is 0.457 e. The SMILES string of the molecule is CCCCCc1cnc(-c2ccc(C(F)(F)Oc3ccc(-c4ccc(-c5cc(F)c(OCF)c(F)c5)c(F)c4)c(F)c3)c(F)c2)nc1. The Morgan fingerprint density at radius 2 is 1.26 bits per heavy atom. The average Bonchev–Trinajstić information content (AvgIpc) is 3.03. The van der Waals surface area contributed by atoms with Crippen LogP contribution in [0.1, 0.15) is 37.3 Å². The van der Waals surface area contributed by atoms with E-state index >= 15 is 13.2 Å². The Hall–Kier alpha value is -5.00. The van der Waals surface area contributed by atoms with E-state index in [0.717, 1.165) is 79.8 Å². The van der Waals surface area contributed by atoms with Crippen molar-refractivity contribution in [1.82, 2.24) is 9.97 Å². The number of unbranched alkanes of at least 4 members (excludes halogenated alkanes) is 2. The first-order valence-corrected chi connectivity index (χ1v) is 14.5. The fourth-order valence-corrected chi connectivity index (χ4v) is 4.92. The third-order valence-corrected chi connectivity index (χ3v) is 7.29. The van der Waals surface area contributed by atoms with Gasteiger partial charge in [-0.1, -0.05) is 38.0 Å². The second kappa shape index (κ2) is 14.2. The lowest BCUT2D eigenvalue weighted by Gasteiger charge is -2.19. The molecule has 0 N–H and O–H groups in total. The molecule has 5 rings (SSSR count). The van der Waals surface area contributed by atoms with Crippen molar-refractivity contribution in [1.29, 1.82) is 0 Å². The lowest BCUT2D eigenvalue weighted by atomic mass is 9.99. The van der Waals surface area contributed by atoms with Gasteiger partial charge in [0.2, 0.25) is 6.86 Å². The van der Waals surface area contributed by atoms with Crippen LogP contribution in [-0.4, -0.2) is 16.8 Å². The Balaban J connectivity index is 1.31. The summed E-state index contributed by atoms with van der Waals surface area (Å²) in [6.45, 7) is 0.611. The second-order valence-electron chi connectivity index (χ2n) is 10.5. The number of halogens is 8. The Morgan fingerprint density at radius 3 is 1.87 bits per heavy atom. The van der Waals surface area contributed by atoms with Gasteiger partial charge in [-0.2, -0.15) is 8.78 Å². The maximum Gasteiger partial charge on any atom is 0.429 e. The normalized spacial score (nSPS) is 11.5. The highest BCUT2D eigenvalue weighted by Crippen LogP contribution is 2.37. The van der Waals surface area contributed by atoms with Crippen LogP contribution in [-0.2, 0) is 12.5 Å². The average molecular weight is 659 g/mol. The molecule has 0 atom stereocenters. The second-order valence-corrected chi connectivity index (χ2v) is 10.5. The summed E-state index contributed by atoms with van der Waals surface area (Å²) in [7, 11) is 0. The molecular weight excluding hydrogens is 632 g/mol. The Bertz CT molecular complexity index is 1860. The first-order valence-electron chi connectivity index (χ1n) is 14.5. The van der Waals surface area contributed by atoms with Gasteiger partial charge in [0.25, 0.3) is 0 Å². The Labute approximate surface area is 264 Å². The molecule has 1 heterocycles. The van der Waals surface area contributed by atoms with E-state index in [2.05, 4.69) is 26.4 Å². The smallest absolute Gasteiger partial charge is 0.429 e. The monoisotopic (exact) mass is 658 g/mol. The van der Waals surface area contributed by atoms with Crippen molar-refractivity contribution in [2.45, 2.75) is 38.7 Å². The summed E-state index contributed by atoms with van der Waals surface area (Å²) in [5, 5.41) is 0. The standard InChI is InChI=1S/C35H26F8N2O2/c1-2-3-4-5-20-17-44-34(45-18-20)22-7-11-27(30(39)13-22)35(42,43)47-24-8-10-25(29(38)16-24)21-6-9-26(28(37)12-21)23-14-31(40)33(46-19-36)32(41)15-23/h6-18H,2-5,19H2,1H3. The molecule has 0 spiro atoms. The van der Waals surface area contributed by atoms with E-state index in [4.69, 9.17) is 0 Å². The third kappa shape index (κ3) is 7.53. The van der Waals surface area contributed by atoms with Crippen LogP contribution in [0.2, 0.25) is 0 Å². The van der Waals surface area contributed by atoms with Crippen molar-refractivity contribution < 1.29 is 44.6 Å². The topological polar surface area (TPSA) is 44.2 Å². The number of aryl methyl sites for hydroxylation is 1. The molecule has 0 aliphatic carbocycles. The summed E-state index contributed by atoms with van der Waals surface area (Å²) >= 11 is 0. The summed E-state index contributed by atoms with van der Waals surface area (Å²) < 4.78 is 125. The predicted molar refractivity (Wildman–Crippen MR) is 159 cm³/mol. The molecule has 1 aromatic heterocycles. The van der Waals surface area contributed by atoms with E-state index in [-0.39, 0.29) is 33.6 Å². The molecule has 0 saturated heterocycles. The first kappa shape index (κ1) is 33.4. The van der Waals surface area contributed by atoms with Gasteiger partial charge in [-0.3, -0.25) is 0 Å². The molecule has 0 aliphatic heterocycles. The van der Waals surface area contributed by atoms with Gasteiger partial charge < -0.3 is 9.47 Å². The quantitative estimate of drug-likeness (QED) is 0.0989. The van der Waals surface area contributed by atoms with Crippen LogP contribution in [0.3, 0.4) is 0 Å². The van der Waals surface area contributed by atoms with E-state index in [1.165, 1.54) is 12.1 Å². The van der Waals surface area contributed by atoms with E-state index in [0.29, 0.717) is 6.07 Å². The number of alkyl halides is 3. The van der Waals surface area contributed by atoms with Crippen molar-refractivity contribution in [3.8, 4) is 45.1 Å². The minimum Gasteiger partial charge on any atom is -0.457 e. The molecule has 0 fully saturated rings. The molecule has 0 radical (unpaired) electrons. The predicted octanol–water partition coefficient (Wildman–Crippen LogP) is 10.3. The van der Waals surface area contributed by atoms with Gasteiger partial charge in [0, 0.05) is 35.2 Å². The minimum absolute atomic E-state index is 0.0294.